The summed E-state index contributed by atoms with van der Waals surface area (Å²) >= 11 is 0. The third kappa shape index (κ3) is 5.50. The Balaban J connectivity index is 1.45. The Kier molecular flexibility index (Phi) is 7.30. The quantitative estimate of drug-likeness (QED) is 0.476. The summed E-state index contributed by atoms with van der Waals surface area (Å²) < 4.78 is 112. The molecule has 2 saturated carbocycles. The average molecular weight is 608 g/mol. The molecule has 1 aromatic carbocycles. The third-order valence-electron chi connectivity index (χ3n) is 8.86. The smallest absolute Gasteiger partial charge is 0.369 e. The van der Waals surface area contributed by atoms with Gasteiger partial charge in [-0.15, -0.1) is 0 Å². The number of nitrogens with zero attached hydrogens (tertiary/aromatic N) is 4. The van der Waals surface area contributed by atoms with Crippen LogP contribution in [0.2, 0.25) is 0 Å². The number of likely N-dealkylation sites (N-methyl/N-ethyl adjacent to an activating group) is 1. The van der Waals surface area contributed by atoms with E-state index in [0.717, 1.165) is 17.0 Å². The minimum Gasteiger partial charge on any atom is -0.369 e. The van der Waals surface area contributed by atoms with Crippen molar-refractivity contribution in [2.45, 2.75) is 66.2 Å². The normalized spacial score (nSPS) is 26.1. The molecule has 226 valence electrons. The second kappa shape index (κ2) is 10.0. The summed E-state index contributed by atoms with van der Waals surface area (Å²) in [7, 11) is -2.84. The molecule has 0 aromatic heterocycles. The molecule has 15 heteroatoms. The van der Waals surface area contributed by atoms with Crippen LogP contribution in [0, 0.1) is 16.7 Å². The number of amides is 1. The van der Waals surface area contributed by atoms with E-state index in [4.69, 9.17) is 0 Å². The number of carbonyl (C=O) groups is 1. The number of benzene rings is 1. The molecule has 4 aliphatic rings. The van der Waals surface area contributed by atoms with Crippen LogP contribution in [0.1, 0.15) is 37.7 Å². The molecule has 2 aliphatic carbocycles. The Bertz CT molecular complexity index is 1340. The summed E-state index contributed by atoms with van der Waals surface area (Å²) in [6.07, 6.45) is -10.1. The molecule has 1 amide bonds. The van der Waals surface area contributed by atoms with E-state index in [9.17, 15) is 44.8 Å². The first-order chi connectivity index (χ1) is 19.0. The van der Waals surface area contributed by atoms with Crippen LogP contribution >= 0.6 is 0 Å². The van der Waals surface area contributed by atoms with Gasteiger partial charge in [0.2, 0.25) is 5.91 Å². The lowest BCUT2D eigenvalue weighted by atomic mass is 10.0. The molecule has 2 heterocycles. The van der Waals surface area contributed by atoms with E-state index in [1.165, 1.54) is 6.07 Å². The Morgan fingerprint density at radius 3 is 2.22 bits per heavy atom. The summed E-state index contributed by atoms with van der Waals surface area (Å²) in [6, 6.07) is 4.07. The highest BCUT2D eigenvalue weighted by atomic mass is 32.2. The minimum absolute atomic E-state index is 0.145. The Morgan fingerprint density at radius 2 is 1.71 bits per heavy atom. The van der Waals surface area contributed by atoms with Crippen molar-refractivity contribution in [1.82, 2.24) is 15.1 Å². The molecule has 41 heavy (non-hydrogen) atoms. The Hall–Kier alpha value is -2.57. The predicted octanol–water partition coefficient (Wildman–Crippen LogP) is 3.19. The van der Waals surface area contributed by atoms with E-state index in [2.05, 4.69) is 11.4 Å². The maximum atomic E-state index is 14.2. The first-order valence-corrected chi connectivity index (χ1v) is 15.0. The van der Waals surface area contributed by atoms with Gasteiger partial charge in [-0.3, -0.25) is 10.1 Å². The molecule has 0 radical (unpaired) electrons. The molecule has 0 spiro atoms. The van der Waals surface area contributed by atoms with Gasteiger partial charge in [0.25, 0.3) is 0 Å². The van der Waals surface area contributed by atoms with Crippen LogP contribution in [-0.4, -0.2) is 93.4 Å². The molecule has 2 aliphatic heterocycles. The number of nitrogens with one attached hydrogen (secondary N) is 1. The summed E-state index contributed by atoms with van der Waals surface area (Å²) in [5, 5.41) is 10.8. The largest absolute Gasteiger partial charge is 0.417 e. The molecule has 1 N–H and O–H groups in total. The van der Waals surface area contributed by atoms with Crippen LogP contribution in [0.15, 0.2) is 23.1 Å². The molecular weight excluding hydrogens is 576 g/mol. The van der Waals surface area contributed by atoms with Crippen molar-refractivity contribution in [2.75, 3.05) is 51.2 Å². The van der Waals surface area contributed by atoms with Gasteiger partial charge in [0.15, 0.2) is 9.84 Å². The van der Waals surface area contributed by atoms with Crippen molar-refractivity contribution in [3.8, 4) is 6.07 Å². The second-order valence-electron chi connectivity index (χ2n) is 11.6. The molecule has 1 aromatic rings. The lowest BCUT2D eigenvalue weighted by molar-refractivity contribution is -0.199. The standard InChI is InChI=1S/C26H31F6N5O3S/c1-35-8-10-36(11-9-35)17-2-3-21(20(13-17)25(27,28)29)41(39,40)19-12-18(14-34-23(16-33)4-5-23)37(15-19)22(38)24(6-7-24)26(30,31)32/h2-3,13,18-19,34H,4-12,14-15H2,1H3. The maximum absolute atomic E-state index is 14.2. The van der Waals surface area contributed by atoms with E-state index in [1.54, 1.807) is 4.90 Å². The fourth-order valence-electron chi connectivity index (χ4n) is 5.75. The van der Waals surface area contributed by atoms with E-state index in [1.807, 2.05) is 11.9 Å². The lowest BCUT2D eigenvalue weighted by Crippen LogP contribution is -2.50. The van der Waals surface area contributed by atoms with Gasteiger partial charge in [-0.05, 0) is 57.4 Å². The lowest BCUT2D eigenvalue weighted by Gasteiger charge is -2.34. The van der Waals surface area contributed by atoms with Crippen molar-refractivity contribution in [1.29, 1.82) is 5.26 Å². The molecule has 2 atom stereocenters. The van der Waals surface area contributed by atoms with Gasteiger partial charge in [-0.25, -0.2) is 8.42 Å². The van der Waals surface area contributed by atoms with Crippen LogP contribution in [0.5, 0.6) is 0 Å². The van der Waals surface area contributed by atoms with E-state index < -0.39 is 80.2 Å². The van der Waals surface area contributed by atoms with Crippen LogP contribution in [0.3, 0.4) is 0 Å². The fraction of sp³-hybridized carbons (Fsp3) is 0.692. The zero-order valence-electron chi connectivity index (χ0n) is 22.4. The zero-order valence-corrected chi connectivity index (χ0v) is 23.2. The number of alkyl halides is 6. The molecule has 4 fully saturated rings. The van der Waals surface area contributed by atoms with Crippen molar-refractivity contribution in [3.05, 3.63) is 23.8 Å². The first kappa shape index (κ1) is 29.9. The SMILES string of the molecule is CN1CCN(c2ccc(S(=O)(=O)C3CC(CNC4(C#N)CC4)N(C(=O)C4(C(F)(F)F)CC4)C3)c(C(F)(F)F)c2)CC1. The number of carbonyl (C=O) groups excluding carboxylic acids is 1. The van der Waals surface area contributed by atoms with Crippen LogP contribution < -0.4 is 10.2 Å². The zero-order chi connectivity index (χ0) is 30.0. The van der Waals surface area contributed by atoms with Gasteiger partial charge in [0.1, 0.15) is 11.0 Å². The number of hydrogen-bond acceptors (Lipinski definition) is 7. The van der Waals surface area contributed by atoms with Gasteiger partial charge < -0.3 is 14.7 Å². The number of halogens is 6. The van der Waals surface area contributed by atoms with E-state index in [0.29, 0.717) is 39.0 Å². The van der Waals surface area contributed by atoms with E-state index >= 15 is 0 Å². The van der Waals surface area contributed by atoms with Gasteiger partial charge in [-0.1, -0.05) is 0 Å². The van der Waals surface area contributed by atoms with Gasteiger partial charge in [0.05, 0.1) is 21.8 Å². The molecule has 2 unspecified atom stereocenters. The maximum Gasteiger partial charge on any atom is 0.417 e. The summed E-state index contributed by atoms with van der Waals surface area (Å²) in [5.41, 5.74) is -4.63. The number of nitriles is 1. The Morgan fingerprint density at radius 1 is 1.07 bits per heavy atom. The average Bonchev–Trinajstić information content (AvgIpc) is 3.83. The Labute approximate surface area is 234 Å². The molecule has 0 bridgehead atoms. The highest BCUT2D eigenvalue weighted by molar-refractivity contribution is 7.92. The molecular formula is C26H31F6N5O3S. The topological polar surface area (TPSA) is 96.8 Å². The highest BCUT2D eigenvalue weighted by Gasteiger charge is 2.70. The third-order valence-corrected chi connectivity index (χ3v) is 11.0. The van der Waals surface area contributed by atoms with Crippen LogP contribution in [0.25, 0.3) is 0 Å². The van der Waals surface area contributed by atoms with Crippen molar-refractivity contribution >= 4 is 21.4 Å². The van der Waals surface area contributed by atoms with Gasteiger partial charge in [0, 0.05) is 51.0 Å². The monoisotopic (exact) mass is 607 g/mol. The minimum atomic E-state index is -5.01. The number of likely N-dealkylation sites (tertiary alicyclic amines) is 1. The summed E-state index contributed by atoms with van der Waals surface area (Å²) in [5.74, 6) is -1.27. The summed E-state index contributed by atoms with van der Waals surface area (Å²) in [4.78, 5) is 16.9. The molecule has 8 nitrogen and oxygen atoms in total. The number of anilines is 1. The van der Waals surface area contributed by atoms with Crippen LogP contribution in [0.4, 0.5) is 32.0 Å². The highest BCUT2D eigenvalue weighted by Crippen LogP contribution is 2.59. The molecule has 5 rings (SSSR count). The number of hydrogen-bond donors (Lipinski definition) is 1. The van der Waals surface area contributed by atoms with Crippen LogP contribution in [-0.2, 0) is 20.8 Å². The van der Waals surface area contributed by atoms with E-state index in [-0.39, 0.29) is 18.7 Å². The summed E-state index contributed by atoms with van der Waals surface area (Å²) in [6.45, 7) is 1.35. The predicted molar refractivity (Wildman–Crippen MR) is 136 cm³/mol. The second-order valence-corrected chi connectivity index (χ2v) is 13.8. The molecule has 2 saturated heterocycles. The van der Waals surface area contributed by atoms with Gasteiger partial charge >= 0.3 is 12.4 Å². The number of sulfone groups is 1. The number of piperazine rings is 1. The fourth-order valence-corrected chi connectivity index (χ4v) is 7.68. The first-order valence-electron chi connectivity index (χ1n) is 13.5. The van der Waals surface area contributed by atoms with Gasteiger partial charge in [-0.2, -0.15) is 31.6 Å². The number of rotatable bonds is 7. The van der Waals surface area contributed by atoms with Crippen molar-refractivity contribution < 1.29 is 39.6 Å². The van der Waals surface area contributed by atoms with Crippen molar-refractivity contribution in [2.24, 2.45) is 5.41 Å². The van der Waals surface area contributed by atoms with Crippen molar-refractivity contribution in [3.63, 3.8) is 0 Å².